The van der Waals surface area contributed by atoms with E-state index in [1.54, 1.807) is 20.8 Å². The fourth-order valence-corrected chi connectivity index (χ4v) is 0.283. The molecule has 0 aliphatic rings. The number of hydrogen-bond donors (Lipinski definition) is 0. The van der Waals surface area contributed by atoms with Gasteiger partial charge >= 0.3 is 0 Å². The summed E-state index contributed by atoms with van der Waals surface area (Å²) in [4.78, 5) is 20.4. The summed E-state index contributed by atoms with van der Waals surface area (Å²) in [5.74, 6) is -0.185. The van der Waals surface area contributed by atoms with E-state index in [4.69, 9.17) is 0 Å². The Morgan fingerprint density at radius 3 is 1.89 bits per heavy atom. The van der Waals surface area contributed by atoms with E-state index < -0.39 is 5.41 Å². The SMILES string of the molecule is CC(C=O)C(C)(C)C=O. The minimum absolute atomic E-state index is 0.185. The van der Waals surface area contributed by atoms with Gasteiger partial charge in [-0.1, -0.05) is 20.8 Å². The van der Waals surface area contributed by atoms with Gasteiger partial charge in [-0.2, -0.15) is 0 Å². The molecule has 9 heavy (non-hydrogen) atoms. The fraction of sp³-hybridized carbons (Fsp3) is 0.714. The maximum Gasteiger partial charge on any atom is 0.126 e. The Labute approximate surface area is 55.3 Å². The van der Waals surface area contributed by atoms with Crippen molar-refractivity contribution in [3.8, 4) is 0 Å². The first-order valence-corrected chi connectivity index (χ1v) is 2.96. The smallest absolute Gasteiger partial charge is 0.126 e. The minimum atomic E-state index is -0.498. The number of carbonyl (C=O) groups excluding carboxylic acids is 2. The van der Waals surface area contributed by atoms with Gasteiger partial charge in [-0.25, -0.2) is 0 Å². The van der Waals surface area contributed by atoms with Crippen LogP contribution in [0.25, 0.3) is 0 Å². The Bertz CT molecular complexity index is 116. The third-order valence-electron chi connectivity index (χ3n) is 1.68. The second kappa shape index (κ2) is 2.76. The summed E-state index contributed by atoms with van der Waals surface area (Å²) >= 11 is 0. The van der Waals surface area contributed by atoms with Crippen LogP contribution in [0, 0.1) is 11.3 Å². The first-order chi connectivity index (χ1) is 4.04. The van der Waals surface area contributed by atoms with Crippen molar-refractivity contribution in [2.45, 2.75) is 20.8 Å². The molecule has 2 heteroatoms. The van der Waals surface area contributed by atoms with Crippen LogP contribution in [0.1, 0.15) is 20.8 Å². The third-order valence-corrected chi connectivity index (χ3v) is 1.68. The van der Waals surface area contributed by atoms with Crippen molar-refractivity contribution in [1.29, 1.82) is 0 Å². The van der Waals surface area contributed by atoms with Gasteiger partial charge in [-0.3, -0.25) is 0 Å². The zero-order valence-electron chi connectivity index (χ0n) is 6.05. The quantitative estimate of drug-likeness (QED) is 0.532. The van der Waals surface area contributed by atoms with E-state index in [1.807, 2.05) is 0 Å². The Kier molecular flexibility index (Phi) is 2.56. The standard InChI is InChI=1S/C7H12O2/c1-6(4-8)7(2,3)5-9/h4-6H,1-3H3. The molecule has 0 aliphatic carbocycles. The molecule has 0 amide bonds. The van der Waals surface area contributed by atoms with Gasteiger partial charge in [-0.15, -0.1) is 0 Å². The summed E-state index contributed by atoms with van der Waals surface area (Å²) in [6.45, 7) is 5.24. The van der Waals surface area contributed by atoms with Gasteiger partial charge in [0.1, 0.15) is 12.6 Å². The molecule has 0 saturated heterocycles. The summed E-state index contributed by atoms with van der Waals surface area (Å²) in [5.41, 5.74) is -0.498. The zero-order chi connectivity index (χ0) is 7.49. The molecule has 0 aromatic rings. The highest BCUT2D eigenvalue weighted by atomic mass is 16.1. The number of aldehydes is 2. The second-order valence-electron chi connectivity index (χ2n) is 2.86. The van der Waals surface area contributed by atoms with Crippen molar-refractivity contribution in [1.82, 2.24) is 0 Å². The van der Waals surface area contributed by atoms with Crippen LogP contribution in [0.2, 0.25) is 0 Å². The molecule has 1 atom stereocenters. The van der Waals surface area contributed by atoms with E-state index in [9.17, 15) is 9.59 Å². The van der Waals surface area contributed by atoms with Crippen molar-refractivity contribution in [3.63, 3.8) is 0 Å². The summed E-state index contributed by atoms with van der Waals surface area (Å²) in [6.07, 6.45) is 1.61. The molecule has 0 radical (unpaired) electrons. The van der Waals surface area contributed by atoms with Gasteiger partial charge in [0.2, 0.25) is 0 Å². The molecule has 0 aliphatic heterocycles. The van der Waals surface area contributed by atoms with E-state index >= 15 is 0 Å². The van der Waals surface area contributed by atoms with Crippen LogP contribution >= 0.6 is 0 Å². The molecule has 0 aromatic heterocycles. The molecule has 52 valence electrons. The monoisotopic (exact) mass is 128 g/mol. The average molecular weight is 128 g/mol. The molecule has 0 aromatic carbocycles. The molecule has 0 heterocycles. The van der Waals surface area contributed by atoms with Crippen LogP contribution in [0.4, 0.5) is 0 Å². The molecule has 0 saturated carbocycles. The highest BCUT2D eigenvalue weighted by molar-refractivity contribution is 5.67. The van der Waals surface area contributed by atoms with Crippen LogP contribution in [-0.4, -0.2) is 12.6 Å². The predicted octanol–water partition coefficient (Wildman–Crippen LogP) is 1.05. The molecule has 1 unspecified atom stereocenters. The van der Waals surface area contributed by atoms with Gasteiger partial charge < -0.3 is 9.59 Å². The molecular formula is C7H12O2. The van der Waals surface area contributed by atoms with Crippen LogP contribution in [0.5, 0.6) is 0 Å². The summed E-state index contributed by atoms with van der Waals surface area (Å²) in [7, 11) is 0. The minimum Gasteiger partial charge on any atom is -0.303 e. The van der Waals surface area contributed by atoms with Gasteiger partial charge in [-0.05, 0) is 0 Å². The van der Waals surface area contributed by atoms with Crippen molar-refractivity contribution in [2.24, 2.45) is 11.3 Å². The summed E-state index contributed by atoms with van der Waals surface area (Å²) < 4.78 is 0. The molecule has 0 fully saturated rings. The highest BCUT2D eigenvalue weighted by Crippen LogP contribution is 2.20. The van der Waals surface area contributed by atoms with E-state index in [2.05, 4.69) is 0 Å². The summed E-state index contributed by atoms with van der Waals surface area (Å²) in [5, 5.41) is 0. The Morgan fingerprint density at radius 2 is 1.78 bits per heavy atom. The Morgan fingerprint density at radius 1 is 1.33 bits per heavy atom. The maximum absolute atomic E-state index is 10.3. The lowest BCUT2D eigenvalue weighted by Gasteiger charge is -2.19. The van der Waals surface area contributed by atoms with Crippen molar-refractivity contribution in [3.05, 3.63) is 0 Å². The molecular weight excluding hydrogens is 116 g/mol. The lowest BCUT2D eigenvalue weighted by molar-refractivity contribution is -0.123. The third kappa shape index (κ3) is 1.96. The summed E-state index contributed by atoms with van der Waals surface area (Å²) in [6, 6.07) is 0. The molecule has 0 N–H and O–H groups in total. The lowest BCUT2D eigenvalue weighted by Crippen LogP contribution is -2.23. The highest BCUT2D eigenvalue weighted by Gasteiger charge is 2.23. The number of rotatable bonds is 3. The fourth-order valence-electron chi connectivity index (χ4n) is 0.283. The molecule has 0 rings (SSSR count). The van der Waals surface area contributed by atoms with E-state index in [1.165, 1.54) is 0 Å². The van der Waals surface area contributed by atoms with Gasteiger partial charge in [0.15, 0.2) is 0 Å². The van der Waals surface area contributed by atoms with Gasteiger partial charge in [0.25, 0.3) is 0 Å². The van der Waals surface area contributed by atoms with E-state index in [0.717, 1.165) is 12.6 Å². The first-order valence-electron chi connectivity index (χ1n) is 2.96. The van der Waals surface area contributed by atoms with Gasteiger partial charge in [0.05, 0.1) is 0 Å². The average Bonchev–Trinajstić information content (AvgIpc) is 1.86. The van der Waals surface area contributed by atoms with Crippen LogP contribution in [-0.2, 0) is 9.59 Å². The lowest BCUT2D eigenvalue weighted by atomic mass is 9.83. The Balaban J connectivity index is 4.11. The predicted molar refractivity (Wildman–Crippen MR) is 35.1 cm³/mol. The second-order valence-corrected chi connectivity index (χ2v) is 2.86. The van der Waals surface area contributed by atoms with Crippen LogP contribution in [0.3, 0.4) is 0 Å². The van der Waals surface area contributed by atoms with Crippen molar-refractivity contribution in [2.75, 3.05) is 0 Å². The largest absolute Gasteiger partial charge is 0.303 e. The van der Waals surface area contributed by atoms with Crippen molar-refractivity contribution >= 4 is 12.6 Å². The molecule has 2 nitrogen and oxygen atoms in total. The maximum atomic E-state index is 10.3. The van der Waals surface area contributed by atoms with E-state index in [0.29, 0.717) is 0 Å². The topological polar surface area (TPSA) is 34.1 Å². The normalized spacial score (nSPS) is 14.6. The molecule has 0 spiro atoms. The number of carbonyl (C=O) groups is 2. The van der Waals surface area contributed by atoms with Crippen LogP contribution < -0.4 is 0 Å². The van der Waals surface area contributed by atoms with E-state index in [-0.39, 0.29) is 5.92 Å². The van der Waals surface area contributed by atoms with Gasteiger partial charge in [0, 0.05) is 11.3 Å². The zero-order valence-corrected chi connectivity index (χ0v) is 6.05. The number of hydrogen-bond acceptors (Lipinski definition) is 2. The molecule has 0 bridgehead atoms. The Hall–Kier alpha value is -0.660. The van der Waals surface area contributed by atoms with Crippen molar-refractivity contribution < 1.29 is 9.59 Å². The first kappa shape index (κ1) is 8.34. The van der Waals surface area contributed by atoms with Crippen LogP contribution in [0.15, 0.2) is 0 Å².